The molecule has 0 spiro atoms. The maximum atomic E-state index is 8.77. The van der Waals surface area contributed by atoms with Gasteiger partial charge < -0.3 is 5.32 Å². The summed E-state index contributed by atoms with van der Waals surface area (Å²) >= 11 is 18.1. The van der Waals surface area contributed by atoms with Crippen LogP contribution in [0.15, 0.2) is 36.4 Å². The van der Waals surface area contributed by atoms with E-state index < -0.39 is 0 Å². The van der Waals surface area contributed by atoms with Gasteiger partial charge in [0.15, 0.2) is 0 Å². The molecule has 0 saturated carbocycles. The van der Waals surface area contributed by atoms with E-state index >= 15 is 0 Å². The van der Waals surface area contributed by atoms with Crippen LogP contribution in [0.1, 0.15) is 11.1 Å². The van der Waals surface area contributed by atoms with Crippen LogP contribution in [0.4, 0.5) is 5.69 Å². The third-order valence-corrected chi connectivity index (χ3v) is 3.50. The molecule has 0 amide bonds. The van der Waals surface area contributed by atoms with E-state index in [0.717, 1.165) is 11.3 Å². The van der Waals surface area contributed by atoms with Crippen molar-refractivity contribution in [2.75, 3.05) is 5.32 Å². The standard InChI is InChI=1S/C14H9Cl3N2/c15-11-3-4-12(16)14(6-11)19-8-10-2-1-9(7-18)5-13(10)17/h1-6,19H,8H2. The third-order valence-electron chi connectivity index (χ3n) is 2.58. The van der Waals surface area contributed by atoms with Gasteiger partial charge in [-0.2, -0.15) is 5.26 Å². The van der Waals surface area contributed by atoms with E-state index in [1.807, 2.05) is 12.1 Å². The largest absolute Gasteiger partial charge is 0.380 e. The van der Waals surface area contributed by atoms with E-state index in [1.54, 1.807) is 30.3 Å². The predicted octanol–water partition coefficient (Wildman–Crippen LogP) is 5.13. The normalized spacial score (nSPS) is 10.0. The summed E-state index contributed by atoms with van der Waals surface area (Å²) in [5.74, 6) is 0. The molecular weight excluding hydrogens is 303 g/mol. The molecule has 0 fully saturated rings. The zero-order chi connectivity index (χ0) is 13.8. The number of hydrogen-bond acceptors (Lipinski definition) is 2. The lowest BCUT2D eigenvalue weighted by atomic mass is 10.1. The van der Waals surface area contributed by atoms with Crippen molar-refractivity contribution in [3.8, 4) is 6.07 Å². The van der Waals surface area contributed by atoms with Gasteiger partial charge in [0.2, 0.25) is 0 Å². The molecule has 96 valence electrons. The van der Waals surface area contributed by atoms with Crippen LogP contribution in [0.25, 0.3) is 0 Å². The molecule has 2 aromatic carbocycles. The summed E-state index contributed by atoms with van der Waals surface area (Å²) < 4.78 is 0. The van der Waals surface area contributed by atoms with Crippen molar-refractivity contribution >= 4 is 40.5 Å². The molecule has 2 nitrogen and oxygen atoms in total. The molecule has 0 aliphatic rings. The molecule has 2 aromatic rings. The third kappa shape index (κ3) is 3.54. The smallest absolute Gasteiger partial charge is 0.0992 e. The lowest BCUT2D eigenvalue weighted by Gasteiger charge is -2.10. The first-order chi connectivity index (χ1) is 9.10. The molecule has 0 saturated heterocycles. The summed E-state index contributed by atoms with van der Waals surface area (Å²) in [5.41, 5.74) is 2.17. The topological polar surface area (TPSA) is 35.8 Å². The van der Waals surface area contributed by atoms with Crippen molar-refractivity contribution in [3.05, 3.63) is 62.6 Å². The Hall–Kier alpha value is -1.40. The maximum Gasteiger partial charge on any atom is 0.0992 e. The quantitative estimate of drug-likeness (QED) is 0.853. The zero-order valence-corrected chi connectivity index (χ0v) is 12.0. The highest BCUT2D eigenvalue weighted by molar-refractivity contribution is 6.35. The van der Waals surface area contributed by atoms with Crippen molar-refractivity contribution in [2.45, 2.75) is 6.54 Å². The average Bonchev–Trinajstić information content (AvgIpc) is 2.40. The van der Waals surface area contributed by atoms with Gasteiger partial charge >= 0.3 is 0 Å². The summed E-state index contributed by atoms with van der Waals surface area (Å²) in [4.78, 5) is 0. The molecule has 0 heterocycles. The Morgan fingerprint density at radius 3 is 2.47 bits per heavy atom. The van der Waals surface area contributed by atoms with Crippen molar-refractivity contribution in [3.63, 3.8) is 0 Å². The number of nitriles is 1. The molecule has 0 bridgehead atoms. The number of halogens is 3. The van der Waals surface area contributed by atoms with Crippen LogP contribution in [-0.2, 0) is 6.54 Å². The minimum atomic E-state index is 0.505. The van der Waals surface area contributed by atoms with Gasteiger partial charge in [-0.1, -0.05) is 40.9 Å². The Bertz CT molecular complexity index is 648. The molecule has 5 heteroatoms. The van der Waals surface area contributed by atoms with Crippen LogP contribution in [-0.4, -0.2) is 0 Å². The molecule has 0 aliphatic carbocycles. The SMILES string of the molecule is N#Cc1ccc(CNc2cc(Cl)ccc2Cl)c(Cl)c1. The first-order valence-corrected chi connectivity index (χ1v) is 6.61. The Balaban J connectivity index is 2.15. The number of hydrogen-bond donors (Lipinski definition) is 1. The van der Waals surface area contributed by atoms with Crippen LogP contribution in [0.2, 0.25) is 15.1 Å². The molecule has 0 unspecified atom stereocenters. The number of anilines is 1. The van der Waals surface area contributed by atoms with Gasteiger partial charge in [0, 0.05) is 16.6 Å². The van der Waals surface area contributed by atoms with Gasteiger partial charge in [0.05, 0.1) is 22.3 Å². The number of benzene rings is 2. The lowest BCUT2D eigenvalue weighted by Crippen LogP contribution is -2.00. The van der Waals surface area contributed by atoms with E-state index in [1.165, 1.54) is 0 Å². The maximum absolute atomic E-state index is 8.77. The Labute approximate surface area is 126 Å². The molecule has 0 radical (unpaired) electrons. The lowest BCUT2D eigenvalue weighted by molar-refractivity contribution is 1.15. The van der Waals surface area contributed by atoms with Crippen molar-refractivity contribution < 1.29 is 0 Å². The van der Waals surface area contributed by atoms with Gasteiger partial charge in [-0.05, 0) is 35.9 Å². The Morgan fingerprint density at radius 2 is 1.79 bits per heavy atom. The molecule has 1 N–H and O–H groups in total. The van der Waals surface area contributed by atoms with Gasteiger partial charge in [-0.3, -0.25) is 0 Å². The van der Waals surface area contributed by atoms with Crippen LogP contribution in [0.5, 0.6) is 0 Å². The van der Waals surface area contributed by atoms with Crippen LogP contribution < -0.4 is 5.32 Å². The van der Waals surface area contributed by atoms with Gasteiger partial charge in [0.25, 0.3) is 0 Å². The van der Waals surface area contributed by atoms with Gasteiger partial charge in [0.1, 0.15) is 0 Å². The average molecular weight is 312 g/mol. The molecule has 2 rings (SSSR count). The summed E-state index contributed by atoms with van der Waals surface area (Å²) in [7, 11) is 0. The number of rotatable bonds is 3. The molecular formula is C14H9Cl3N2. The highest BCUT2D eigenvalue weighted by Crippen LogP contribution is 2.27. The highest BCUT2D eigenvalue weighted by atomic mass is 35.5. The van der Waals surface area contributed by atoms with Crippen LogP contribution in [0, 0.1) is 11.3 Å². The van der Waals surface area contributed by atoms with Crippen molar-refractivity contribution in [1.29, 1.82) is 5.26 Å². The van der Waals surface area contributed by atoms with E-state index in [4.69, 9.17) is 40.1 Å². The van der Waals surface area contributed by atoms with E-state index in [2.05, 4.69) is 5.32 Å². The fourth-order valence-corrected chi connectivity index (χ4v) is 2.19. The van der Waals surface area contributed by atoms with Gasteiger partial charge in [-0.15, -0.1) is 0 Å². The van der Waals surface area contributed by atoms with Crippen molar-refractivity contribution in [2.24, 2.45) is 0 Å². The molecule has 0 aliphatic heterocycles. The first kappa shape index (κ1) is 14.0. The summed E-state index contributed by atoms with van der Waals surface area (Å²) in [6.07, 6.45) is 0. The summed E-state index contributed by atoms with van der Waals surface area (Å²) in [6.45, 7) is 0.505. The first-order valence-electron chi connectivity index (χ1n) is 5.47. The Morgan fingerprint density at radius 1 is 1.00 bits per heavy atom. The molecule has 19 heavy (non-hydrogen) atoms. The summed E-state index contributed by atoms with van der Waals surface area (Å²) in [6, 6.07) is 12.4. The highest BCUT2D eigenvalue weighted by Gasteiger charge is 2.04. The van der Waals surface area contributed by atoms with E-state index in [-0.39, 0.29) is 0 Å². The second-order valence-corrected chi connectivity index (χ2v) is 5.15. The van der Waals surface area contributed by atoms with Crippen molar-refractivity contribution in [1.82, 2.24) is 0 Å². The van der Waals surface area contributed by atoms with E-state index in [9.17, 15) is 0 Å². The van der Waals surface area contributed by atoms with Gasteiger partial charge in [-0.25, -0.2) is 0 Å². The zero-order valence-electron chi connectivity index (χ0n) is 9.75. The fourth-order valence-electron chi connectivity index (χ4n) is 1.58. The van der Waals surface area contributed by atoms with E-state index in [0.29, 0.717) is 27.2 Å². The minimum absolute atomic E-state index is 0.505. The monoisotopic (exact) mass is 310 g/mol. The fraction of sp³-hybridized carbons (Fsp3) is 0.0714. The minimum Gasteiger partial charge on any atom is -0.380 e. The predicted molar refractivity (Wildman–Crippen MR) is 80.0 cm³/mol. The number of nitrogens with one attached hydrogen (secondary N) is 1. The summed E-state index contributed by atoms with van der Waals surface area (Å²) in [5, 5.41) is 13.7. The van der Waals surface area contributed by atoms with Crippen LogP contribution in [0.3, 0.4) is 0 Å². The molecule has 0 aromatic heterocycles. The second kappa shape index (κ2) is 6.16. The second-order valence-electron chi connectivity index (χ2n) is 3.90. The molecule has 0 atom stereocenters. The number of nitrogens with zero attached hydrogens (tertiary/aromatic N) is 1. The Kier molecular flexibility index (Phi) is 4.55. The van der Waals surface area contributed by atoms with Crippen LogP contribution >= 0.6 is 34.8 Å².